The predicted molar refractivity (Wildman–Crippen MR) is 108 cm³/mol. The van der Waals surface area contributed by atoms with Gasteiger partial charge in [-0.2, -0.15) is 0 Å². The second-order valence-corrected chi connectivity index (χ2v) is 10.2. The number of amides is 1. The van der Waals surface area contributed by atoms with Crippen molar-refractivity contribution in [2.24, 2.45) is 5.92 Å². The van der Waals surface area contributed by atoms with E-state index in [1.807, 2.05) is 42.7 Å². The Kier molecular flexibility index (Phi) is 4.79. The second-order valence-electron chi connectivity index (χ2n) is 7.90. The Bertz CT molecular complexity index is 981. The van der Waals surface area contributed by atoms with Crippen LogP contribution in [-0.2, 0) is 14.6 Å². The fourth-order valence-corrected chi connectivity index (χ4v) is 5.92. The molecule has 2 N–H and O–H groups in total. The summed E-state index contributed by atoms with van der Waals surface area (Å²) in [5.74, 6) is 0.0672. The quantitative estimate of drug-likeness (QED) is 0.819. The van der Waals surface area contributed by atoms with Crippen molar-refractivity contribution < 1.29 is 13.2 Å². The van der Waals surface area contributed by atoms with Crippen LogP contribution in [0.3, 0.4) is 0 Å². The minimum absolute atomic E-state index is 0.0355. The number of nitrogens with one attached hydrogen (secondary N) is 2. The molecule has 2 aromatic rings. The lowest BCUT2D eigenvalue weighted by atomic mass is 9.80. The molecule has 1 amide bonds. The Morgan fingerprint density at radius 2 is 1.89 bits per heavy atom. The molecule has 3 heterocycles. The Labute approximate surface area is 165 Å². The van der Waals surface area contributed by atoms with Crippen LogP contribution in [-0.4, -0.2) is 47.5 Å². The Morgan fingerprint density at radius 1 is 1.21 bits per heavy atom. The van der Waals surface area contributed by atoms with E-state index in [9.17, 15) is 13.2 Å². The van der Waals surface area contributed by atoms with Gasteiger partial charge in [-0.1, -0.05) is 0 Å². The van der Waals surface area contributed by atoms with E-state index < -0.39 is 9.84 Å². The number of sulfone groups is 1. The van der Waals surface area contributed by atoms with E-state index >= 15 is 0 Å². The zero-order valence-electron chi connectivity index (χ0n) is 16.2. The van der Waals surface area contributed by atoms with Crippen LogP contribution in [0, 0.1) is 19.8 Å². The fraction of sp³-hybridized carbons (Fsp3) is 0.500. The SMILES string of the molecule is Cc1ncn(-c2ccc(NC(=O)C3CCNC34CCS(=O)(=O)CC4)cc2)c1C. The van der Waals surface area contributed by atoms with Gasteiger partial charge >= 0.3 is 0 Å². The smallest absolute Gasteiger partial charge is 0.229 e. The normalized spacial score (nSPS) is 23.0. The highest BCUT2D eigenvalue weighted by Gasteiger charge is 2.49. The van der Waals surface area contributed by atoms with E-state index in [1.165, 1.54) is 0 Å². The number of aromatic nitrogens is 2. The van der Waals surface area contributed by atoms with Gasteiger partial charge in [0.15, 0.2) is 0 Å². The Morgan fingerprint density at radius 3 is 2.50 bits per heavy atom. The molecule has 0 bridgehead atoms. The second kappa shape index (κ2) is 7.00. The van der Waals surface area contributed by atoms with Gasteiger partial charge in [0.1, 0.15) is 9.84 Å². The van der Waals surface area contributed by atoms with Crippen molar-refractivity contribution in [3.8, 4) is 5.69 Å². The van der Waals surface area contributed by atoms with Crippen LogP contribution < -0.4 is 10.6 Å². The van der Waals surface area contributed by atoms with E-state index in [0.29, 0.717) is 12.8 Å². The summed E-state index contributed by atoms with van der Waals surface area (Å²) in [5.41, 5.74) is 3.43. The lowest BCUT2D eigenvalue weighted by Crippen LogP contribution is -2.53. The van der Waals surface area contributed by atoms with Crippen LogP contribution in [0.2, 0.25) is 0 Å². The van der Waals surface area contributed by atoms with Gasteiger partial charge in [-0.3, -0.25) is 4.79 Å². The maximum Gasteiger partial charge on any atom is 0.229 e. The summed E-state index contributed by atoms with van der Waals surface area (Å²) < 4.78 is 25.6. The molecule has 0 radical (unpaired) electrons. The molecule has 2 fully saturated rings. The molecule has 1 aromatic heterocycles. The van der Waals surface area contributed by atoms with Crippen molar-refractivity contribution in [2.75, 3.05) is 23.4 Å². The number of imidazole rings is 1. The third-order valence-electron chi connectivity index (χ3n) is 6.28. The maximum atomic E-state index is 12.9. The number of benzene rings is 1. The first-order chi connectivity index (χ1) is 13.3. The first-order valence-corrected chi connectivity index (χ1v) is 11.5. The molecule has 8 heteroatoms. The molecule has 7 nitrogen and oxygen atoms in total. The van der Waals surface area contributed by atoms with E-state index in [4.69, 9.17) is 0 Å². The zero-order valence-corrected chi connectivity index (χ0v) is 17.1. The number of carbonyl (C=O) groups excluding carboxylic acids is 1. The number of rotatable bonds is 3. The summed E-state index contributed by atoms with van der Waals surface area (Å²) in [6, 6.07) is 7.70. The number of carbonyl (C=O) groups is 1. The van der Waals surface area contributed by atoms with Crippen LogP contribution >= 0.6 is 0 Å². The van der Waals surface area contributed by atoms with Gasteiger partial charge in [-0.25, -0.2) is 13.4 Å². The molecule has 1 spiro atoms. The third kappa shape index (κ3) is 3.46. The van der Waals surface area contributed by atoms with Crippen molar-refractivity contribution >= 4 is 21.4 Å². The summed E-state index contributed by atoms with van der Waals surface area (Å²) in [4.78, 5) is 17.3. The van der Waals surface area contributed by atoms with E-state index in [2.05, 4.69) is 15.6 Å². The summed E-state index contributed by atoms with van der Waals surface area (Å²) in [6.07, 6.45) is 3.54. The molecule has 28 heavy (non-hydrogen) atoms. The van der Waals surface area contributed by atoms with Crippen LogP contribution in [0.15, 0.2) is 30.6 Å². The standard InChI is InChI=1S/C20H26N4O3S/c1-14-15(2)24(13-21-14)17-5-3-16(4-6-17)23-19(25)18-7-10-22-20(18)8-11-28(26,27)12-9-20/h3-6,13,18,22H,7-12H2,1-2H3,(H,23,25). The molecule has 2 aliphatic heterocycles. The van der Waals surface area contributed by atoms with E-state index in [0.717, 1.165) is 35.7 Å². The average Bonchev–Trinajstić information content (AvgIpc) is 3.23. The monoisotopic (exact) mass is 402 g/mol. The Hall–Kier alpha value is -2.19. The molecular formula is C20H26N4O3S. The van der Waals surface area contributed by atoms with Gasteiger partial charge in [0.2, 0.25) is 5.91 Å². The minimum Gasteiger partial charge on any atom is -0.326 e. The average molecular weight is 403 g/mol. The van der Waals surface area contributed by atoms with Crippen LogP contribution in [0.5, 0.6) is 0 Å². The fourth-order valence-electron chi connectivity index (χ4n) is 4.37. The number of aryl methyl sites for hydroxylation is 1. The highest BCUT2D eigenvalue weighted by atomic mass is 32.2. The van der Waals surface area contributed by atoms with Crippen molar-refractivity contribution in [1.29, 1.82) is 0 Å². The molecule has 1 aromatic carbocycles. The summed E-state index contributed by atoms with van der Waals surface area (Å²) in [5, 5.41) is 6.45. The molecule has 0 aliphatic carbocycles. The molecule has 1 atom stereocenters. The van der Waals surface area contributed by atoms with Crippen molar-refractivity contribution in [2.45, 2.75) is 38.6 Å². The number of hydrogen-bond donors (Lipinski definition) is 2. The maximum absolute atomic E-state index is 12.9. The topological polar surface area (TPSA) is 93.1 Å². The summed E-state index contributed by atoms with van der Waals surface area (Å²) in [7, 11) is -2.97. The molecule has 2 saturated heterocycles. The van der Waals surface area contributed by atoms with Crippen LogP contribution in [0.25, 0.3) is 5.69 Å². The third-order valence-corrected chi connectivity index (χ3v) is 7.93. The number of nitrogens with zero attached hydrogens (tertiary/aromatic N) is 2. The van der Waals surface area contributed by atoms with Crippen molar-refractivity contribution in [3.05, 3.63) is 42.0 Å². The summed E-state index contributed by atoms with van der Waals surface area (Å²) in [6.45, 7) is 4.74. The molecule has 0 saturated carbocycles. The minimum atomic E-state index is -2.97. The van der Waals surface area contributed by atoms with Crippen molar-refractivity contribution in [1.82, 2.24) is 14.9 Å². The molecule has 150 valence electrons. The first-order valence-electron chi connectivity index (χ1n) is 9.67. The molecule has 2 aliphatic rings. The largest absolute Gasteiger partial charge is 0.326 e. The highest BCUT2D eigenvalue weighted by molar-refractivity contribution is 7.91. The highest BCUT2D eigenvalue weighted by Crippen LogP contribution is 2.37. The molecular weight excluding hydrogens is 376 g/mol. The lowest BCUT2D eigenvalue weighted by Gasteiger charge is -2.38. The van der Waals surface area contributed by atoms with Gasteiger partial charge in [-0.05, 0) is 63.9 Å². The number of hydrogen-bond acceptors (Lipinski definition) is 5. The van der Waals surface area contributed by atoms with Gasteiger partial charge in [0, 0.05) is 22.6 Å². The van der Waals surface area contributed by atoms with Gasteiger partial charge < -0.3 is 15.2 Å². The lowest BCUT2D eigenvalue weighted by molar-refractivity contribution is -0.121. The Balaban J connectivity index is 1.47. The van der Waals surface area contributed by atoms with Crippen LogP contribution in [0.4, 0.5) is 5.69 Å². The van der Waals surface area contributed by atoms with Crippen molar-refractivity contribution in [3.63, 3.8) is 0 Å². The van der Waals surface area contributed by atoms with Gasteiger partial charge in [-0.15, -0.1) is 0 Å². The molecule has 1 unspecified atom stereocenters. The van der Waals surface area contributed by atoms with Gasteiger partial charge in [0.05, 0.1) is 29.4 Å². The van der Waals surface area contributed by atoms with Gasteiger partial charge in [0.25, 0.3) is 0 Å². The zero-order chi connectivity index (χ0) is 19.9. The predicted octanol–water partition coefficient (Wildman–Crippen LogP) is 1.98. The molecule has 4 rings (SSSR count). The van der Waals surface area contributed by atoms with E-state index in [-0.39, 0.29) is 28.9 Å². The first kappa shape index (κ1) is 19.1. The summed E-state index contributed by atoms with van der Waals surface area (Å²) >= 11 is 0. The van der Waals surface area contributed by atoms with Crippen LogP contribution in [0.1, 0.15) is 30.7 Å². The number of anilines is 1. The van der Waals surface area contributed by atoms with E-state index in [1.54, 1.807) is 6.33 Å².